The van der Waals surface area contributed by atoms with E-state index in [0.29, 0.717) is 30.0 Å². The van der Waals surface area contributed by atoms with Crippen LogP contribution in [-0.2, 0) is 20.9 Å². The van der Waals surface area contributed by atoms with Crippen LogP contribution < -0.4 is 10.1 Å². The van der Waals surface area contributed by atoms with Gasteiger partial charge in [-0.1, -0.05) is 36.6 Å². The fraction of sp³-hybridized carbons (Fsp3) is 0.476. The second kappa shape index (κ2) is 8.75. The molecule has 2 aromatic rings. The molecular formula is C21H24N4O6. The molecule has 1 aromatic carbocycles. The van der Waals surface area contributed by atoms with Gasteiger partial charge in [-0.25, -0.2) is 4.79 Å². The van der Waals surface area contributed by atoms with Crippen molar-refractivity contribution in [3.63, 3.8) is 0 Å². The van der Waals surface area contributed by atoms with Crippen LogP contribution in [0.4, 0.5) is 4.79 Å². The van der Waals surface area contributed by atoms with Gasteiger partial charge in [-0.15, -0.1) is 0 Å². The SMILES string of the molecule is COc1ccccc1-c1noc(COC(=O)CCN2C(=O)NC3(CCCCC3)C2=O)n1. The highest BCUT2D eigenvalue weighted by Gasteiger charge is 2.51. The number of esters is 1. The van der Waals surface area contributed by atoms with E-state index in [0.717, 1.165) is 24.2 Å². The standard InChI is InChI=1S/C21H24N4O6/c1-29-15-8-4-3-7-14(15)18-22-16(31-24-18)13-30-17(26)9-12-25-19(27)21(23-20(25)28)10-5-2-6-11-21/h3-4,7-8H,2,5-6,9-13H2,1H3,(H,23,28). The Balaban J connectivity index is 1.29. The second-order valence-corrected chi connectivity index (χ2v) is 7.65. The summed E-state index contributed by atoms with van der Waals surface area (Å²) in [5.74, 6) is 0.229. The zero-order valence-electron chi connectivity index (χ0n) is 17.3. The molecule has 1 spiro atoms. The molecule has 164 valence electrons. The summed E-state index contributed by atoms with van der Waals surface area (Å²) in [6.07, 6.45) is 4.05. The molecule has 0 bridgehead atoms. The maximum absolute atomic E-state index is 12.7. The van der Waals surface area contributed by atoms with Gasteiger partial charge in [-0.2, -0.15) is 4.98 Å². The number of rotatable bonds is 7. The predicted octanol–water partition coefficient (Wildman–Crippen LogP) is 2.43. The maximum atomic E-state index is 12.7. The number of aromatic nitrogens is 2. The number of carbonyl (C=O) groups is 3. The number of nitrogens with zero attached hydrogens (tertiary/aromatic N) is 3. The Morgan fingerprint density at radius 2 is 2.00 bits per heavy atom. The van der Waals surface area contributed by atoms with E-state index in [2.05, 4.69) is 15.5 Å². The lowest BCUT2D eigenvalue weighted by Gasteiger charge is -2.30. The molecule has 31 heavy (non-hydrogen) atoms. The van der Waals surface area contributed by atoms with Crippen molar-refractivity contribution in [2.45, 2.75) is 50.7 Å². The van der Waals surface area contributed by atoms with Crippen molar-refractivity contribution >= 4 is 17.9 Å². The summed E-state index contributed by atoms with van der Waals surface area (Å²) < 4.78 is 15.6. The highest BCUT2D eigenvalue weighted by atomic mass is 16.6. The number of carbonyl (C=O) groups excluding carboxylic acids is 3. The minimum atomic E-state index is -0.794. The van der Waals surface area contributed by atoms with E-state index in [1.54, 1.807) is 19.2 Å². The van der Waals surface area contributed by atoms with Crippen LogP contribution in [0, 0.1) is 0 Å². The molecule has 1 N–H and O–H groups in total. The first kappa shape index (κ1) is 20.8. The van der Waals surface area contributed by atoms with Gasteiger partial charge in [0.15, 0.2) is 6.61 Å². The lowest BCUT2D eigenvalue weighted by atomic mass is 9.82. The van der Waals surface area contributed by atoms with Crippen LogP contribution in [0.5, 0.6) is 5.75 Å². The minimum absolute atomic E-state index is 0.0262. The Kier molecular flexibility index (Phi) is 5.88. The van der Waals surface area contributed by atoms with Crippen LogP contribution in [0.1, 0.15) is 44.4 Å². The quantitative estimate of drug-likeness (QED) is 0.527. The average molecular weight is 428 g/mol. The molecule has 0 atom stereocenters. The topological polar surface area (TPSA) is 124 Å². The third-order valence-corrected chi connectivity index (χ3v) is 5.67. The summed E-state index contributed by atoms with van der Waals surface area (Å²) in [5.41, 5.74) is -0.140. The van der Waals surface area contributed by atoms with Crippen LogP contribution in [-0.4, -0.2) is 52.1 Å². The molecule has 2 heterocycles. The Morgan fingerprint density at radius 3 is 2.77 bits per heavy atom. The first-order valence-corrected chi connectivity index (χ1v) is 10.3. The third kappa shape index (κ3) is 4.23. The number of methoxy groups -OCH3 is 1. The number of hydrogen-bond donors (Lipinski definition) is 1. The number of nitrogens with one attached hydrogen (secondary N) is 1. The molecule has 3 amide bonds. The highest BCUT2D eigenvalue weighted by Crippen LogP contribution is 2.33. The van der Waals surface area contributed by atoms with E-state index in [1.165, 1.54) is 0 Å². The molecule has 2 aliphatic rings. The first-order valence-electron chi connectivity index (χ1n) is 10.3. The van der Waals surface area contributed by atoms with Gasteiger partial charge >= 0.3 is 12.0 Å². The van der Waals surface area contributed by atoms with Crippen molar-refractivity contribution in [2.24, 2.45) is 0 Å². The number of amides is 3. The molecule has 10 nitrogen and oxygen atoms in total. The number of hydrogen-bond acceptors (Lipinski definition) is 8. The summed E-state index contributed by atoms with van der Waals surface area (Å²) in [5, 5.41) is 6.71. The van der Waals surface area contributed by atoms with E-state index in [9.17, 15) is 14.4 Å². The Hall–Kier alpha value is -3.43. The van der Waals surface area contributed by atoms with Crippen molar-refractivity contribution < 1.29 is 28.4 Å². The molecule has 1 saturated heterocycles. The number of ether oxygens (including phenoxy) is 2. The van der Waals surface area contributed by atoms with Gasteiger partial charge in [0.05, 0.1) is 19.1 Å². The van der Waals surface area contributed by atoms with Crippen LogP contribution in [0.25, 0.3) is 11.4 Å². The largest absolute Gasteiger partial charge is 0.496 e. The summed E-state index contributed by atoms with van der Waals surface area (Å²) in [4.78, 5) is 42.4. The molecule has 1 saturated carbocycles. The van der Waals surface area contributed by atoms with Gasteiger partial charge < -0.3 is 19.3 Å². The van der Waals surface area contributed by atoms with Crippen molar-refractivity contribution in [3.8, 4) is 17.1 Å². The molecule has 10 heteroatoms. The van der Waals surface area contributed by atoms with Gasteiger partial charge in [0, 0.05) is 6.54 Å². The van der Waals surface area contributed by atoms with Crippen molar-refractivity contribution in [3.05, 3.63) is 30.2 Å². The second-order valence-electron chi connectivity index (χ2n) is 7.65. The molecule has 1 aromatic heterocycles. The van der Waals surface area contributed by atoms with Crippen molar-refractivity contribution in [1.29, 1.82) is 0 Å². The Morgan fingerprint density at radius 1 is 1.23 bits per heavy atom. The van der Waals surface area contributed by atoms with Crippen LogP contribution >= 0.6 is 0 Å². The lowest BCUT2D eigenvalue weighted by molar-refractivity contribution is -0.146. The Labute approximate surface area is 178 Å². The van der Waals surface area contributed by atoms with Crippen molar-refractivity contribution in [1.82, 2.24) is 20.4 Å². The number of imide groups is 1. The molecule has 0 unspecified atom stereocenters. The predicted molar refractivity (Wildman–Crippen MR) is 107 cm³/mol. The van der Waals surface area contributed by atoms with Gasteiger partial charge in [0.1, 0.15) is 11.3 Å². The van der Waals surface area contributed by atoms with E-state index in [1.807, 2.05) is 12.1 Å². The number of benzene rings is 1. The van der Waals surface area contributed by atoms with E-state index < -0.39 is 17.5 Å². The molecule has 1 aliphatic carbocycles. The summed E-state index contributed by atoms with van der Waals surface area (Å²) in [6.45, 7) is -0.230. The molecule has 2 fully saturated rings. The maximum Gasteiger partial charge on any atom is 0.325 e. The highest BCUT2D eigenvalue weighted by molar-refractivity contribution is 6.07. The molecular weight excluding hydrogens is 404 g/mol. The van der Waals surface area contributed by atoms with E-state index in [4.69, 9.17) is 14.0 Å². The van der Waals surface area contributed by atoms with Crippen LogP contribution in [0.2, 0.25) is 0 Å². The third-order valence-electron chi connectivity index (χ3n) is 5.67. The summed E-state index contributed by atoms with van der Waals surface area (Å²) in [6, 6.07) is 6.77. The van der Waals surface area contributed by atoms with Crippen LogP contribution in [0.15, 0.2) is 28.8 Å². The fourth-order valence-corrected chi connectivity index (χ4v) is 4.04. The summed E-state index contributed by atoms with van der Waals surface area (Å²) >= 11 is 0. The Bertz CT molecular complexity index is 982. The zero-order valence-corrected chi connectivity index (χ0v) is 17.3. The van der Waals surface area contributed by atoms with E-state index >= 15 is 0 Å². The average Bonchev–Trinajstić information content (AvgIpc) is 3.34. The molecule has 1 aliphatic heterocycles. The van der Waals surface area contributed by atoms with Crippen LogP contribution in [0.3, 0.4) is 0 Å². The zero-order chi connectivity index (χ0) is 21.8. The number of para-hydroxylation sites is 1. The lowest BCUT2D eigenvalue weighted by Crippen LogP contribution is -2.48. The van der Waals surface area contributed by atoms with E-state index in [-0.39, 0.29) is 31.4 Å². The van der Waals surface area contributed by atoms with Gasteiger partial charge in [0.25, 0.3) is 11.8 Å². The van der Waals surface area contributed by atoms with Gasteiger partial charge in [-0.3, -0.25) is 14.5 Å². The molecule has 4 rings (SSSR count). The minimum Gasteiger partial charge on any atom is -0.496 e. The first-order chi connectivity index (χ1) is 15.0. The summed E-state index contributed by atoms with van der Waals surface area (Å²) in [7, 11) is 1.54. The number of urea groups is 1. The fourth-order valence-electron chi connectivity index (χ4n) is 4.04. The normalized spacial score (nSPS) is 17.6. The van der Waals surface area contributed by atoms with Crippen molar-refractivity contribution in [2.75, 3.05) is 13.7 Å². The molecule has 0 radical (unpaired) electrons. The van der Waals surface area contributed by atoms with Gasteiger partial charge in [0.2, 0.25) is 5.82 Å². The van der Waals surface area contributed by atoms with Gasteiger partial charge in [-0.05, 0) is 25.0 Å². The smallest absolute Gasteiger partial charge is 0.325 e. The monoisotopic (exact) mass is 428 g/mol.